The van der Waals surface area contributed by atoms with Crippen molar-refractivity contribution in [2.45, 2.75) is 92.4 Å². The topological polar surface area (TPSA) is 0 Å². The molecule has 0 bridgehead atoms. The number of hydrogen-bond acceptors (Lipinski definition) is 0. The second-order valence-electron chi connectivity index (χ2n) is 9.42. The molecule has 0 N–H and O–H groups in total. The average molecular weight is 459 g/mol. The highest BCUT2D eigenvalue weighted by molar-refractivity contribution is 7.80. The van der Waals surface area contributed by atoms with Crippen LogP contribution in [0.15, 0.2) is 60.7 Å². The first-order valence-electron chi connectivity index (χ1n) is 13.2. The number of benzene rings is 3. The van der Waals surface area contributed by atoms with Crippen LogP contribution in [0.2, 0.25) is 0 Å². The van der Waals surface area contributed by atoms with E-state index in [1.165, 1.54) is 79.5 Å². The van der Waals surface area contributed by atoms with E-state index in [1.807, 2.05) is 0 Å². The second-order valence-corrected chi connectivity index (χ2v) is 11.5. The highest BCUT2D eigenvalue weighted by Crippen LogP contribution is 2.38. The van der Waals surface area contributed by atoms with E-state index in [4.69, 9.17) is 0 Å². The van der Waals surface area contributed by atoms with Gasteiger partial charge in [-0.05, 0) is 104 Å². The van der Waals surface area contributed by atoms with Gasteiger partial charge in [0.1, 0.15) is 0 Å². The summed E-state index contributed by atoms with van der Waals surface area (Å²) < 4.78 is 0. The van der Waals surface area contributed by atoms with Crippen LogP contribution in [0.3, 0.4) is 0 Å². The van der Waals surface area contributed by atoms with Crippen molar-refractivity contribution in [3.63, 3.8) is 0 Å². The second kappa shape index (κ2) is 13.1. The minimum absolute atomic E-state index is 0.581. The molecule has 0 aliphatic heterocycles. The van der Waals surface area contributed by atoms with Gasteiger partial charge in [0.2, 0.25) is 0 Å². The summed E-state index contributed by atoms with van der Waals surface area (Å²) >= 11 is 0. The Morgan fingerprint density at radius 2 is 1.00 bits per heavy atom. The van der Waals surface area contributed by atoms with E-state index in [0.717, 1.165) is 0 Å². The van der Waals surface area contributed by atoms with E-state index in [-0.39, 0.29) is 0 Å². The van der Waals surface area contributed by atoms with Gasteiger partial charge in [-0.3, -0.25) is 0 Å². The minimum atomic E-state index is -0.581. The third-order valence-corrected chi connectivity index (χ3v) is 9.69. The summed E-state index contributed by atoms with van der Waals surface area (Å²) in [4.78, 5) is 0. The van der Waals surface area contributed by atoms with Gasteiger partial charge in [-0.2, -0.15) is 0 Å². The third-order valence-electron chi connectivity index (χ3n) is 6.82. The number of hydrogen-bond donors (Lipinski definition) is 0. The lowest BCUT2D eigenvalue weighted by atomic mass is 9.91. The summed E-state index contributed by atoms with van der Waals surface area (Å²) in [6, 6.07) is 23.2. The Morgan fingerprint density at radius 1 is 0.515 bits per heavy atom. The van der Waals surface area contributed by atoms with E-state index in [2.05, 4.69) is 95.3 Å². The van der Waals surface area contributed by atoms with Gasteiger partial charge < -0.3 is 0 Å². The van der Waals surface area contributed by atoms with Crippen LogP contribution in [0.5, 0.6) is 0 Å². The smallest absolute Gasteiger partial charge is 0.0116 e. The van der Waals surface area contributed by atoms with Crippen LogP contribution in [0, 0.1) is 13.8 Å². The molecule has 0 radical (unpaired) electrons. The predicted molar refractivity (Wildman–Crippen MR) is 150 cm³/mol. The van der Waals surface area contributed by atoms with Crippen molar-refractivity contribution in [3.8, 4) is 0 Å². The monoisotopic (exact) mass is 458 g/mol. The molecule has 0 atom stereocenters. The SMILES string of the molecule is CCCCc1ccc(P(c2ccccc2C)c2ccccc2C)c(CCCC)c1CCCC. The van der Waals surface area contributed by atoms with Crippen molar-refractivity contribution in [3.05, 3.63) is 88.5 Å². The summed E-state index contributed by atoms with van der Waals surface area (Å²) in [7, 11) is -0.581. The number of unbranched alkanes of at least 4 members (excludes halogenated alkanes) is 3. The Labute approximate surface area is 204 Å². The molecule has 0 fully saturated rings. The summed E-state index contributed by atoms with van der Waals surface area (Å²) in [6.45, 7) is 11.6. The number of aryl methyl sites for hydroxylation is 3. The van der Waals surface area contributed by atoms with Gasteiger partial charge in [0.05, 0.1) is 0 Å². The molecule has 0 aliphatic rings. The van der Waals surface area contributed by atoms with Gasteiger partial charge in [-0.1, -0.05) is 101 Å². The molecule has 3 aromatic rings. The van der Waals surface area contributed by atoms with Gasteiger partial charge in [0.15, 0.2) is 0 Å². The number of rotatable bonds is 12. The maximum Gasteiger partial charge on any atom is -0.0116 e. The maximum atomic E-state index is 2.52. The lowest BCUT2D eigenvalue weighted by Crippen LogP contribution is -2.27. The first-order chi connectivity index (χ1) is 16.1. The van der Waals surface area contributed by atoms with Crippen LogP contribution in [-0.4, -0.2) is 0 Å². The van der Waals surface area contributed by atoms with E-state index in [9.17, 15) is 0 Å². The molecule has 0 nitrogen and oxygen atoms in total. The van der Waals surface area contributed by atoms with Crippen LogP contribution >= 0.6 is 7.92 Å². The molecular weight excluding hydrogens is 415 g/mol. The molecule has 0 heterocycles. The molecular formula is C32H43P. The van der Waals surface area contributed by atoms with Crippen LogP contribution in [0.1, 0.15) is 87.1 Å². The van der Waals surface area contributed by atoms with Crippen LogP contribution in [0.4, 0.5) is 0 Å². The van der Waals surface area contributed by atoms with Crippen LogP contribution < -0.4 is 15.9 Å². The molecule has 0 saturated heterocycles. The van der Waals surface area contributed by atoms with E-state index in [1.54, 1.807) is 22.0 Å². The van der Waals surface area contributed by atoms with Crippen LogP contribution in [-0.2, 0) is 19.3 Å². The zero-order chi connectivity index (χ0) is 23.6. The molecule has 0 aliphatic carbocycles. The molecule has 0 aromatic heterocycles. The van der Waals surface area contributed by atoms with E-state index >= 15 is 0 Å². The van der Waals surface area contributed by atoms with Gasteiger partial charge in [0, 0.05) is 0 Å². The molecule has 3 rings (SSSR count). The predicted octanol–water partition coefficient (Wildman–Crippen LogP) is 8.09. The van der Waals surface area contributed by atoms with Crippen molar-refractivity contribution in [2.75, 3.05) is 0 Å². The van der Waals surface area contributed by atoms with E-state index in [0.29, 0.717) is 0 Å². The fourth-order valence-electron chi connectivity index (χ4n) is 4.86. The zero-order valence-corrected chi connectivity index (χ0v) is 22.5. The molecule has 1 heteroatoms. The highest BCUT2D eigenvalue weighted by atomic mass is 31.1. The quantitative estimate of drug-likeness (QED) is 0.241. The summed E-state index contributed by atoms with van der Waals surface area (Å²) in [5, 5.41) is 4.64. The Bertz CT molecular complexity index is 971. The fraction of sp³-hybridized carbons (Fsp3) is 0.438. The third kappa shape index (κ3) is 6.36. The minimum Gasteiger partial charge on any atom is -0.0654 e. The summed E-state index contributed by atoms with van der Waals surface area (Å²) in [5.74, 6) is 0. The zero-order valence-electron chi connectivity index (χ0n) is 21.6. The largest absolute Gasteiger partial charge is 0.0654 e. The molecule has 0 unspecified atom stereocenters. The van der Waals surface area contributed by atoms with E-state index < -0.39 is 7.92 Å². The summed E-state index contributed by atoms with van der Waals surface area (Å²) in [5.41, 5.74) is 7.81. The molecule has 0 saturated carbocycles. The molecule has 0 spiro atoms. The molecule has 176 valence electrons. The van der Waals surface area contributed by atoms with Gasteiger partial charge >= 0.3 is 0 Å². The maximum absolute atomic E-state index is 2.52. The van der Waals surface area contributed by atoms with Crippen molar-refractivity contribution in [1.82, 2.24) is 0 Å². The van der Waals surface area contributed by atoms with Gasteiger partial charge in [-0.25, -0.2) is 0 Å². The van der Waals surface area contributed by atoms with Gasteiger partial charge in [-0.15, -0.1) is 0 Å². The van der Waals surface area contributed by atoms with Gasteiger partial charge in [0.25, 0.3) is 0 Å². The Hall–Kier alpha value is -1.91. The average Bonchev–Trinajstić information content (AvgIpc) is 2.83. The van der Waals surface area contributed by atoms with Crippen molar-refractivity contribution < 1.29 is 0 Å². The normalized spacial score (nSPS) is 11.3. The highest BCUT2D eigenvalue weighted by Gasteiger charge is 2.24. The van der Waals surface area contributed by atoms with Crippen molar-refractivity contribution in [1.29, 1.82) is 0 Å². The molecule has 0 amide bonds. The van der Waals surface area contributed by atoms with Crippen LogP contribution in [0.25, 0.3) is 0 Å². The molecule has 3 aromatic carbocycles. The molecule has 33 heavy (non-hydrogen) atoms. The summed E-state index contributed by atoms with van der Waals surface area (Å²) in [6.07, 6.45) is 11.3. The lowest BCUT2D eigenvalue weighted by Gasteiger charge is -2.28. The lowest BCUT2D eigenvalue weighted by molar-refractivity contribution is 0.737. The fourth-order valence-corrected chi connectivity index (χ4v) is 7.70. The Morgan fingerprint density at radius 3 is 1.52 bits per heavy atom. The van der Waals surface area contributed by atoms with Crippen molar-refractivity contribution in [2.24, 2.45) is 0 Å². The van der Waals surface area contributed by atoms with Crippen molar-refractivity contribution >= 4 is 23.8 Å². The Kier molecular flexibility index (Phi) is 10.2. The Balaban J connectivity index is 2.28. The standard InChI is InChI=1S/C32H43P/c1-6-9-18-27-23-24-32(29(20-11-8-3)28(27)19-10-7-2)33(30-21-14-12-16-25(30)4)31-22-15-13-17-26(31)5/h12-17,21-24H,6-11,18-20H2,1-5H3. The first kappa shape index (κ1) is 25.7. The first-order valence-corrected chi connectivity index (χ1v) is 14.5.